The highest BCUT2D eigenvalue weighted by Crippen LogP contribution is 2.16. The number of aliphatic imine (C=N–C) groups is 1. The van der Waals surface area contributed by atoms with Crippen LogP contribution in [0.4, 0.5) is 0 Å². The molecule has 23 heavy (non-hydrogen) atoms. The van der Waals surface area contributed by atoms with Gasteiger partial charge in [-0.2, -0.15) is 0 Å². The number of rotatable bonds is 7. The summed E-state index contributed by atoms with van der Waals surface area (Å²) in [5, 5.41) is 6.18. The molecule has 1 aromatic carbocycles. The van der Waals surface area contributed by atoms with Crippen molar-refractivity contribution >= 4 is 40.0 Å². The van der Waals surface area contributed by atoms with Crippen molar-refractivity contribution in [2.24, 2.45) is 4.99 Å². The number of hydrogen-bond acceptors (Lipinski definition) is 3. The number of guanidine groups is 1. The zero-order valence-corrected chi connectivity index (χ0v) is 17.3. The quantitative estimate of drug-likeness (QED) is 0.254. The van der Waals surface area contributed by atoms with Gasteiger partial charge in [-0.15, -0.1) is 24.0 Å². The predicted octanol–water partition coefficient (Wildman–Crippen LogP) is 1.77. The third-order valence-electron chi connectivity index (χ3n) is 3.00. The van der Waals surface area contributed by atoms with Gasteiger partial charge in [0, 0.05) is 19.6 Å². The van der Waals surface area contributed by atoms with Crippen LogP contribution in [0.2, 0.25) is 0 Å². The van der Waals surface area contributed by atoms with Crippen LogP contribution in [-0.2, 0) is 10.0 Å². The Morgan fingerprint density at radius 3 is 2.30 bits per heavy atom. The zero-order valence-electron chi connectivity index (χ0n) is 14.1. The molecule has 6 nitrogen and oxygen atoms in total. The second-order valence-electron chi connectivity index (χ2n) is 4.96. The lowest BCUT2D eigenvalue weighted by Crippen LogP contribution is -2.37. The number of hydrogen-bond donors (Lipinski definition) is 3. The van der Waals surface area contributed by atoms with Gasteiger partial charge in [0.25, 0.3) is 0 Å². The molecule has 0 aromatic heterocycles. The second-order valence-corrected chi connectivity index (χ2v) is 6.69. The molecular formula is C15H27IN4O2S. The van der Waals surface area contributed by atoms with Gasteiger partial charge in [0.2, 0.25) is 10.0 Å². The summed E-state index contributed by atoms with van der Waals surface area (Å²) in [4.78, 5) is 4.64. The van der Waals surface area contributed by atoms with Crippen LogP contribution in [0.25, 0.3) is 0 Å². The normalized spacial score (nSPS) is 10.6. The van der Waals surface area contributed by atoms with Gasteiger partial charge in [0.05, 0.1) is 11.4 Å². The van der Waals surface area contributed by atoms with Crippen molar-refractivity contribution in [2.45, 2.75) is 32.6 Å². The lowest BCUT2D eigenvalue weighted by molar-refractivity contribution is 0.581. The molecule has 0 bridgehead atoms. The smallest absolute Gasteiger partial charge is 0.240 e. The van der Waals surface area contributed by atoms with Crippen molar-refractivity contribution in [2.75, 3.05) is 26.2 Å². The fourth-order valence-corrected chi connectivity index (χ4v) is 3.28. The second kappa shape index (κ2) is 10.8. The maximum absolute atomic E-state index is 12.3. The maximum Gasteiger partial charge on any atom is 0.240 e. The highest BCUT2D eigenvalue weighted by Gasteiger charge is 2.16. The van der Waals surface area contributed by atoms with Crippen molar-refractivity contribution in [3.63, 3.8) is 0 Å². The van der Waals surface area contributed by atoms with Gasteiger partial charge in [-0.1, -0.05) is 12.1 Å². The first-order valence-electron chi connectivity index (χ1n) is 7.49. The van der Waals surface area contributed by atoms with Gasteiger partial charge >= 0.3 is 0 Å². The molecule has 0 aliphatic carbocycles. The van der Waals surface area contributed by atoms with Crippen molar-refractivity contribution < 1.29 is 8.42 Å². The first-order valence-corrected chi connectivity index (χ1v) is 8.98. The van der Waals surface area contributed by atoms with E-state index in [9.17, 15) is 8.42 Å². The zero-order chi connectivity index (χ0) is 16.6. The average molecular weight is 454 g/mol. The Morgan fingerprint density at radius 2 is 1.74 bits per heavy atom. The first kappa shape index (κ1) is 22.1. The highest BCUT2D eigenvalue weighted by molar-refractivity contribution is 14.0. The van der Waals surface area contributed by atoms with E-state index in [0.29, 0.717) is 17.4 Å². The van der Waals surface area contributed by atoms with Crippen LogP contribution in [0.3, 0.4) is 0 Å². The van der Waals surface area contributed by atoms with Gasteiger partial charge in [0.15, 0.2) is 5.96 Å². The monoisotopic (exact) mass is 454 g/mol. The van der Waals surface area contributed by atoms with E-state index in [1.165, 1.54) is 0 Å². The van der Waals surface area contributed by atoms with Gasteiger partial charge in [-0.05, 0) is 44.9 Å². The molecule has 0 spiro atoms. The van der Waals surface area contributed by atoms with Crippen LogP contribution in [0.5, 0.6) is 0 Å². The van der Waals surface area contributed by atoms with Gasteiger partial charge in [0.1, 0.15) is 0 Å². The summed E-state index contributed by atoms with van der Waals surface area (Å²) in [5.41, 5.74) is 1.66. The lowest BCUT2D eigenvalue weighted by atomic mass is 10.2. The highest BCUT2D eigenvalue weighted by atomic mass is 127. The molecule has 8 heteroatoms. The summed E-state index contributed by atoms with van der Waals surface area (Å²) in [6, 6.07) is 5.40. The lowest BCUT2D eigenvalue weighted by Gasteiger charge is -2.11. The Kier molecular flexibility index (Phi) is 10.4. The van der Waals surface area contributed by atoms with E-state index in [4.69, 9.17) is 0 Å². The van der Waals surface area contributed by atoms with Crippen LogP contribution < -0.4 is 15.4 Å². The standard InChI is InChI=1S/C15H26N4O2S.HI/c1-5-16-15(17-6-2)18-9-10-19-22(20,21)14-11-12(3)7-8-13(14)4;/h7-8,11,19H,5-6,9-10H2,1-4H3,(H2,16,17,18);1H. The van der Waals surface area contributed by atoms with Crippen molar-refractivity contribution in [3.05, 3.63) is 29.3 Å². The molecule has 0 unspecified atom stereocenters. The molecule has 0 radical (unpaired) electrons. The van der Waals surface area contributed by atoms with Crippen LogP contribution in [0, 0.1) is 13.8 Å². The van der Waals surface area contributed by atoms with E-state index in [-0.39, 0.29) is 30.5 Å². The number of sulfonamides is 1. The number of nitrogens with zero attached hydrogens (tertiary/aromatic N) is 1. The molecule has 0 atom stereocenters. The van der Waals surface area contributed by atoms with Crippen LogP contribution >= 0.6 is 24.0 Å². The van der Waals surface area contributed by atoms with Crippen molar-refractivity contribution in [1.82, 2.24) is 15.4 Å². The number of nitrogens with one attached hydrogen (secondary N) is 3. The first-order chi connectivity index (χ1) is 10.4. The van der Waals surface area contributed by atoms with E-state index in [2.05, 4.69) is 20.3 Å². The minimum Gasteiger partial charge on any atom is -0.357 e. The van der Waals surface area contributed by atoms with Gasteiger partial charge in [-0.25, -0.2) is 13.1 Å². The molecule has 0 saturated carbocycles. The largest absolute Gasteiger partial charge is 0.357 e. The minimum atomic E-state index is -3.50. The van der Waals surface area contributed by atoms with E-state index in [0.717, 1.165) is 24.2 Å². The summed E-state index contributed by atoms with van der Waals surface area (Å²) in [6.45, 7) is 9.80. The maximum atomic E-state index is 12.3. The molecule has 0 fully saturated rings. The topological polar surface area (TPSA) is 82.6 Å². The summed E-state index contributed by atoms with van der Waals surface area (Å²) in [6.07, 6.45) is 0. The van der Waals surface area contributed by atoms with Crippen molar-refractivity contribution in [3.8, 4) is 0 Å². The molecule has 1 rings (SSSR count). The van der Waals surface area contributed by atoms with E-state index in [1.54, 1.807) is 13.0 Å². The molecule has 3 N–H and O–H groups in total. The summed E-state index contributed by atoms with van der Waals surface area (Å²) in [5.74, 6) is 0.691. The van der Waals surface area contributed by atoms with Crippen molar-refractivity contribution in [1.29, 1.82) is 0 Å². The molecular weight excluding hydrogens is 427 g/mol. The third kappa shape index (κ3) is 7.49. The van der Waals surface area contributed by atoms with Gasteiger partial charge < -0.3 is 10.6 Å². The predicted molar refractivity (Wildman–Crippen MR) is 106 cm³/mol. The van der Waals surface area contributed by atoms with E-state index >= 15 is 0 Å². The Morgan fingerprint density at radius 1 is 1.13 bits per heavy atom. The van der Waals surface area contributed by atoms with E-state index < -0.39 is 10.0 Å². The molecule has 0 heterocycles. The summed E-state index contributed by atoms with van der Waals surface area (Å²) < 4.78 is 27.2. The summed E-state index contributed by atoms with van der Waals surface area (Å²) in [7, 11) is -3.50. The minimum absolute atomic E-state index is 0. The Labute approximate surface area is 156 Å². The van der Waals surface area contributed by atoms with E-state index in [1.807, 2.05) is 32.9 Å². The Hall–Kier alpha value is -0.870. The molecule has 1 aromatic rings. The molecule has 0 aliphatic rings. The fraction of sp³-hybridized carbons (Fsp3) is 0.533. The average Bonchev–Trinajstić information content (AvgIpc) is 2.46. The molecule has 0 amide bonds. The van der Waals surface area contributed by atoms with Crippen LogP contribution in [0.1, 0.15) is 25.0 Å². The third-order valence-corrected chi connectivity index (χ3v) is 4.60. The SMILES string of the molecule is CCNC(=NCCNS(=O)(=O)c1cc(C)ccc1C)NCC.I. The van der Waals surface area contributed by atoms with Crippen LogP contribution in [0.15, 0.2) is 28.1 Å². The molecule has 0 aliphatic heterocycles. The molecule has 0 saturated heterocycles. The number of benzene rings is 1. The Balaban J connectivity index is 0.00000484. The number of aryl methyl sites for hydroxylation is 2. The Bertz CT molecular complexity index is 610. The van der Waals surface area contributed by atoms with Crippen LogP contribution in [-0.4, -0.2) is 40.6 Å². The molecule has 132 valence electrons. The fourth-order valence-electron chi connectivity index (χ4n) is 1.93. The number of halogens is 1. The van der Waals surface area contributed by atoms with Gasteiger partial charge in [-0.3, -0.25) is 4.99 Å². The summed E-state index contributed by atoms with van der Waals surface area (Å²) >= 11 is 0.